The molecule has 84 valence electrons. The SMILES string of the molecule is CCC(O)Cc1ccc(S(N)(=O)=O)cn1. The van der Waals surface area contributed by atoms with E-state index >= 15 is 0 Å². The summed E-state index contributed by atoms with van der Waals surface area (Å²) in [6, 6.07) is 2.94. The lowest BCUT2D eigenvalue weighted by Crippen LogP contribution is -2.14. The molecule has 0 aromatic carbocycles. The zero-order chi connectivity index (χ0) is 11.5. The van der Waals surface area contributed by atoms with Crippen molar-refractivity contribution in [1.82, 2.24) is 4.98 Å². The number of primary sulfonamides is 1. The second kappa shape index (κ2) is 4.69. The van der Waals surface area contributed by atoms with Gasteiger partial charge in [-0.1, -0.05) is 6.92 Å². The Labute approximate surface area is 89.0 Å². The van der Waals surface area contributed by atoms with E-state index in [4.69, 9.17) is 5.14 Å². The van der Waals surface area contributed by atoms with Gasteiger partial charge in [0.15, 0.2) is 0 Å². The Morgan fingerprint density at radius 2 is 2.20 bits per heavy atom. The molecule has 0 saturated carbocycles. The third-order valence-electron chi connectivity index (χ3n) is 2.04. The predicted octanol–water partition coefficient (Wildman–Crippen LogP) is 0.0424. The molecular formula is C9H14N2O3S. The van der Waals surface area contributed by atoms with Crippen LogP contribution in [0.4, 0.5) is 0 Å². The van der Waals surface area contributed by atoms with Crippen molar-refractivity contribution in [2.24, 2.45) is 5.14 Å². The molecule has 1 aromatic heterocycles. The molecule has 0 radical (unpaired) electrons. The van der Waals surface area contributed by atoms with Crippen molar-refractivity contribution in [2.45, 2.75) is 30.8 Å². The molecule has 3 N–H and O–H groups in total. The minimum Gasteiger partial charge on any atom is -0.393 e. The second-order valence-corrected chi connectivity index (χ2v) is 4.86. The maximum absolute atomic E-state index is 10.9. The number of aliphatic hydroxyl groups is 1. The molecule has 1 atom stereocenters. The first-order chi connectivity index (χ1) is 6.93. The number of sulfonamides is 1. The highest BCUT2D eigenvalue weighted by atomic mass is 32.2. The summed E-state index contributed by atoms with van der Waals surface area (Å²) in [6.07, 6.45) is 1.81. The van der Waals surface area contributed by atoms with Gasteiger partial charge in [-0.05, 0) is 18.6 Å². The molecule has 5 nitrogen and oxygen atoms in total. The molecule has 1 rings (SSSR count). The Bertz CT molecular complexity index is 413. The van der Waals surface area contributed by atoms with Crippen LogP contribution in [-0.2, 0) is 16.4 Å². The Balaban J connectivity index is 2.82. The van der Waals surface area contributed by atoms with E-state index in [-0.39, 0.29) is 4.90 Å². The highest BCUT2D eigenvalue weighted by molar-refractivity contribution is 7.89. The lowest BCUT2D eigenvalue weighted by molar-refractivity contribution is 0.169. The molecule has 1 unspecified atom stereocenters. The number of pyridine rings is 1. The smallest absolute Gasteiger partial charge is 0.239 e. The van der Waals surface area contributed by atoms with E-state index in [0.717, 1.165) is 0 Å². The Morgan fingerprint density at radius 3 is 2.60 bits per heavy atom. The average Bonchev–Trinajstić information content (AvgIpc) is 2.17. The molecule has 1 heterocycles. The van der Waals surface area contributed by atoms with Crippen LogP contribution in [0.2, 0.25) is 0 Å². The van der Waals surface area contributed by atoms with Gasteiger partial charge < -0.3 is 5.11 Å². The van der Waals surface area contributed by atoms with Crippen LogP contribution in [0.1, 0.15) is 19.0 Å². The molecule has 6 heteroatoms. The van der Waals surface area contributed by atoms with Crippen molar-refractivity contribution in [1.29, 1.82) is 0 Å². The van der Waals surface area contributed by atoms with Gasteiger partial charge in [-0.2, -0.15) is 0 Å². The van der Waals surface area contributed by atoms with E-state index in [1.54, 1.807) is 6.07 Å². The minimum atomic E-state index is -3.68. The van der Waals surface area contributed by atoms with E-state index < -0.39 is 16.1 Å². The standard InChI is InChI=1S/C9H14N2O3S/c1-2-8(12)5-7-3-4-9(6-11-7)15(10,13)14/h3-4,6,8,12H,2,5H2,1H3,(H2,10,13,14). The number of nitrogens with two attached hydrogens (primary N) is 1. The van der Waals surface area contributed by atoms with Crippen LogP contribution in [0, 0.1) is 0 Å². The molecule has 0 aliphatic heterocycles. The number of aliphatic hydroxyl groups excluding tert-OH is 1. The summed E-state index contributed by atoms with van der Waals surface area (Å²) in [5.74, 6) is 0. The fourth-order valence-electron chi connectivity index (χ4n) is 1.09. The number of hydrogen-bond donors (Lipinski definition) is 2. The van der Waals surface area contributed by atoms with E-state index in [1.165, 1.54) is 12.3 Å². The van der Waals surface area contributed by atoms with Crippen molar-refractivity contribution in [3.8, 4) is 0 Å². The monoisotopic (exact) mass is 230 g/mol. The third-order valence-corrected chi connectivity index (χ3v) is 2.94. The average molecular weight is 230 g/mol. The summed E-state index contributed by atoms with van der Waals surface area (Å²) >= 11 is 0. The summed E-state index contributed by atoms with van der Waals surface area (Å²) < 4.78 is 21.8. The highest BCUT2D eigenvalue weighted by Gasteiger charge is 2.09. The van der Waals surface area contributed by atoms with Crippen molar-refractivity contribution < 1.29 is 13.5 Å². The molecule has 0 spiro atoms. The van der Waals surface area contributed by atoms with E-state index in [1.807, 2.05) is 6.92 Å². The quantitative estimate of drug-likeness (QED) is 0.763. The second-order valence-electron chi connectivity index (χ2n) is 3.30. The number of hydrogen-bond acceptors (Lipinski definition) is 4. The van der Waals surface area contributed by atoms with Crippen molar-refractivity contribution in [3.05, 3.63) is 24.0 Å². The fraction of sp³-hybridized carbons (Fsp3) is 0.444. The lowest BCUT2D eigenvalue weighted by Gasteiger charge is -2.06. The molecule has 15 heavy (non-hydrogen) atoms. The van der Waals surface area contributed by atoms with Gasteiger partial charge in [0.25, 0.3) is 0 Å². The summed E-state index contributed by atoms with van der Waals surface area (Å²) in [4.78, 5) is 3.90. The van der Waals surface area contributed by atoms with Crippen LogP contribution in [0.3, 0.4) is 0 Å². The molecule has 0 bridgehead atoms. The Kier molecular flexibility index (Phi) is 3.78. The molecule has 1 aromatic rings. The molecule has 0 saturated heterocycles. The maximum atomic E-state index is 10.9. The van der Waals surface area contributed by atoms with Crippen LogP contribution in [0.5, 0.6) is 0 Å². The van der Waals surface area contributed by atoms with Gasteiger partial charge >= 0.3 is 0 Å². The van der Waals surface area contributed by atoms with Gasteiger partial charge in [0.2, 0.25) is 10.0 Å². The number of aromatic nitrogens is 1. The number of rotatable bonds is 4. The normalized spacial score (nSPS) is 13.8. The molecule has 0 aliphatic rings. The zero-order valence-electron chi connectivity index (χ0n) is 8.42. The summed E-state index contributed by atoms with van der Waals surface area (Å²) in [5, 5.41) is 14.3. The topological polar surface area (TPSA) is 93.3 Å². The summed E-state index contributed by atoms with van der Waals surface area (Å²) in [7, 11) is -3.68. The highest BCUT2D eigenvalue weighted by Crippen LogP contribution is 2.07. The van der Waals surface area contributed by atoms with Crippen LogP contribution >= 0.6 is 0 Å². The van der Waals surface area contributed by atoms with Crippen LogP contribution in [-0.4, -0.2) is 24.6 Å². The van der Waals surface area contributed by atoms with Crippen molar-refractivity contribution in [3.63, 3.8) is 0 Å². The first kappa shape index (κ1) is 12.1. The van der Waals surface area contributed by atoms with Gasteiger partial charge in [-0.3, -0.25) is 4.98 Å². The summed E-state index contributed by atoms with van der Waals surface area (Å²) in [6.45, 7) is 1.86. The van der Waals surface area contributed by atoms with Gasteiger partial charge in [0.1, 0.15) is 4.90 Å². The zero-order valence-corrected chi connectivity index (χ0v) is 9.24. The van der Waals surface area contributed by atoms with E-state index in [9.17, 15) is 13.5 Å². The molecule has 0 amide bonds. The van der Waals surface area contributed by atoms with Crippen molar-refractivity contribution >= 4 is 10.0 Å². The molecular weight excluding hydrogens is 216 g/mol. The predicted molar refractivity (Wildman–Crippen MR) is 55.6 cm³/mol. The largest absolute Gasteiger partial charge is 0.393 e. The molecule has 0 fully saturated rings. The Hall–Kier alpha value is -0.980. The van der Waals surface area contributed by atoms with Gasteiger partial charge in [-0.25, -0.2) is 13.6 Å². The fourth-order valence-corrected chi connectivity index (χ4v) is 1.54. The third kappa shape index (κ3) is 3.58. The first-order valence-corrected chi connectivity index (χ1v) is 6.14. The lowest BCUT2D eigenvalue weighted by atomic mass is 10.1. The van der Waals surface area contributed by atoms with Gasteiger partial charge in [0.05, 0.1) is 6.10 Å². The van der Waals surface area contributed by atoms with Gasteiger partial charge in [0, 0.05) is 18.3 Å². The maximum Gasteiger partial charge on any atom is 0.239 e. The molecule has 0 aliphatic carbocycles. The Morgan fingerprint density at radius 1 is 1.53 bits per heavy atom. The van der Waals surface area contributed by atoms with E-state index in [2.05, 4.69) is 4.98 Å². The van der Waals surface area contributed by atoms with Crippen LogP contribution in [0.25, 0.3) is 0 Å². The van der Waals surface area contributed by atoms with Crippen LogP contribution in [0.15, 0.2) is 23.2 Å². The number of nitrogens with zero attached hydrogens (tertiary/aromatic N) is 1. The van der Waals surface area contributed by atoms with Gasteiger partial charge in [-0.15, -0.1) is 0 Å². The first-order valence-electron chi connectivity index (χ1n) is 4.59. The van der Waals surface area contributed by atoms with Crippen molar-refractivity contribution in [2.75, 3.05) is 0 Å². The minimum absolute atomic E-state index is 0.0164. The van der Waals surface area contributed by atoms with E-state index in [0.29, 0.717) is 18.5 Å². The van der Waals surface area contributed by atoms with Crippen LogP contribution < -0.4 is 5.14 Å². The summed E-state index contributed by atoms with van der Waals surface area (Å²) in [5.41, 5.74) is 0.650.